The van der Waals surface area contributed by atoms with Gasteiger partial charge in [0.1, 0.15) is 12.4 Å². The fourth-order valence-corrected chi connectivity index (χ4v) is 2.40. The Bertz CT molecular complexity index is 530. The molecule has 17 heavy (non-hydrogen) atoms. The molecule has 1 aromatic carbocycles. The molecule has 0 saturated carbocycles. The zero-order chi connectivity index (χ0) is 11.9. The van der Waals surface area contributed by atoms with Gasteiger partial charge in [-0.2, -0.15) is 0 Å². The van der Waals surface area contributed by atoms with Gasteiger partial charge in [0.2, 0.25) is 0 Å². The van der Waals surface area contributed by atoms with Crippen molar-refractivity contribution >= 4 is 11.6 Å². The molecule has 0 fully saturated rings. The molecule has 1 aromatic rings. The van der Waals surface area contributed by atoms with Gasteiger partial charge in [0.05, 0.1) is 11.0 Å². The summed E-state index contributed by atoms with van der Waals surface area (Å²) in [6.45, 7) is 0.340. The maximum absolute atomic E-state index is 12.5. The van der Waals surface area contributed by atoms with Gasteiger partial charge in [-0.05, 0) is 24.6 Å². The Morgan fingerprint density at radius 2 is 2.00 bits per heavy atom. The summed E-state index contributed by atoms with van der Waals surface area (Å²) in [6.07, 6.45) is 4.21. The first-order valence-corrected chi connectivity index (χ1v) is 5.70. The predicted molar refractivity (Wildman–Crippen MR) is 62.1 cm³/mol. The lowest BCUT2D eigenvalue weighted by Gasteiger charge is -2.35. The Kier molecular flexibility index (Phi) is 2.15. The lowest BCUT2D eigenvalue weighted by molar-refractivity contribution is -0.115. The Balaban J connectivity index is 2.05. The van der Waals surface area contributed by atoms with E-state index < -0.39 is 5.41 Å². The molecule has 0 saturated heterocycles. The van der Waals surface area contributed by atoms with Gasteiger partial charge >= 0.3 is 0 Å². The average molecular weight is 228 g/mol. The van der Waals surface area contributed by atoms with Crippen molar-refractivity contribution < 1.29 is 14.3 Å². The van der Waals surface area contributed by atoms with Gasteiger partial charge in [-0.3, -0.25) is 9.59 Å². The van der Waals surface area contributed by atoms with Crippen molar-refractivity contribution in [3.8, 4) is 5.75 Å². The van der Waals surface area contributed by atoms with Crippen molar-refractivity contribution in [3.63, 3.8) is 0 Å². The van der Waals surface area contributed by atoms with Crippen LogP contribution in [-0.4, -0.2) is 18.2 Å². The smallest absolute Gasteiger partial charge is 0.179 e. The number of hydrogen-bond donors (Lipinski definition) is 0. The molecule has 1 heterocycles. The summed E-state index contributed by atoms with van der Waals surface area (Å²) < 4.78 is 5.64. The highest BCUT2D eigenvalue weighted by molar-refractivity contribution is 6.06. The number of benzene rings is 1. The maximum Gasteiger partial charge on any atom is 0.179 e. The van der Waals surface area contributed by atoms with E-state index in [9.17, 15) is 9.59 Å². The van der Waals surface area contributed by atoms with Gasteiger partial charge < -0.3 is 4.74 Å². The van der Waals surface area contributed by atoms with Crippen LogP contribution in [-0.2, 0) is 4.79 Å². The standard InChI is InChI=1S/C14H12O3/c15-10-5-7-14(8-6-10)9-17-12-4-2-1-3-11(12)13(14)16/h1-5,7H,6,8-9H2. The molecular formula is C14H12O3. The molecule has 1 aliphatic heterocycles. The van der Waals surface area contributed by atoms with Gasteiger partial charge in [0.25, 0.3) is 0 Å². The minimum Gasteiger partial charge on any atom is -0.491 e. The van der Waals surface area contributed by atoms with E-state index in [1.807, 2.05) is 12.1 Å². The summed E-state index contributed by atoms with van der Waals surface area (Å²) in [5, 5.41) is 0. The number of ketones is 2. The SMILES string of the molecule is O=C1C=CC2(CC1)COc1ccccc1C2=O. The van der Waals surface area contributed by atoms with E-state index in [-0.39, 0.29) is 11.6 Å². The van der Waals surface area contributed by atoms with Crippen molar-refractivity contribution in [1.29, 1.82) is 0 Å². The minimum atomic E-state index is -0.623. The molecular weight excluding hydrogens is 216 g/mol. The van der Waals surface area contributed by atoms with Crippen LogP contribution in [0.3, 0.4) is 0 Å². The van der Waals surface area contributed by atoms with Gasteiger partial charge in [0, 0.05) is 6.42 Å². The Morgan fingerprint density at radius 3 is 2.76 bits per heavy atom. The van der Waals surface area contributed by atoms with Crippen molar-refractivity contribution in [2.75, 3.05) is 6.61 Å². The molecule has 1 unspecified atom stereocenters. The van der Waals surface area contributed by atoms with Gasteiger partial charge in [-0.1, -0.05) is 18.2 Å². The molecule has 0 bridgehead atoms. The Labute approximate surface area is 99.1 Å². The number of para-hydroxylation sites is 1. The summed E-state index contributed by atoms with van der Waals surface area (Å²) >= 11 is 0. The number of rotatable bonds is 0. The molecule has 1 atom stereocenters. The molecule has 0 N–H and O–H groups in total. The van der Waals surface area contributed by atoms with Gasteiger partial charge in [-0.25, -0.2) is 0 Å². The predicted octanol–water partition coefficient (Wildman–Crippen LogP) is 2.17. The van der Waals surface area contributed by atoms with Crippen molar-refractivity contribution in [3.05, 3.63) is 42.0 Å². The highest BCUT2D eigenvalue weighted by atomic mass is 16.5. The van der Waals surface area contributed by atoms with E-state index >= 15 is 0 Å². The summed E-state index contributed by atoms with van der Waals surface area (Å²) in [6, 6.07) is 7.27. The summed E-state index contributed by atoms with van der Waals surface area (Å²) in [4.78, 5) is 23.7. The number of fused-ring (bicyclic) bond motifs is 1. The van der Waals surface area contributed by atoms with Crippen molar-refractivity contribution in [1.82, 2.24) is 0 Å². The number of carbonyl (C=O) groups is 2. The highest BCUT2D eigenvalue weighted by Crippen LogP contribution is 2.40. The molecule has 1 spiro atoms. The topological polar surface area (TPSA) is 43.4 Å². The van der Waals surface area contributed by atoms with Crippen LogP contribution in [0.5, 0.6) is 5.75 Å². The molecule has 3 nitrogen and oxygen atoms in total. The first kappa shape index (κ1) is 10.3. The Hall–Kier alpha value is -1.90. The second-order valence-corrected chi connectivity index (χ2v) is 4.57. The molecule has 3 rings (SSSR count). The average Bonchev–Trinajstić information content (AvgIpc) is 2.38. The number of carbonyl (C=O) groups excluding carboxylic acids is 2. The van der Waals surface area contributed by atoms with Crippen LogP contribution in [0.15, 0.2) is 36.4 Å². The highest BCUT2D eigenvalue weighted by Gasteiger charge is 2.43. The van der Waals surface area contributed by atoms with Crippen molar-refractivity contribution in [2.45, 2.75) is 12.8 Å². The fraction of sp³-hybridized carbons (Fsp3) is 0.286. The zero-order valence-electron chi connectivity index (χ0n) is 9.31. The number of hydrogen-bond acceptors (Lipinski definition) is 3. The van der Waals surface area contributed by atoms with Crippen LogP contribution in [0.4, 0.5) is 0 Å². The molecule has 0 radical (unpaired) electrons. The molecule has 1 aliphatic carbocycles. The molecule has 0 amide bonds. The van der Waals surface area contributed by atoms with Crippen LogP contribution >= 0.6 is 0 Å². The first-order valence-electron chi connectivity index (χ1n) is 5.70. The zero-order valence-corrected chi connectivity index (χ0v) is 9.31. The fourth-order valence-electron chi connectivity index (χ4n) is 2.40. The maximum atomic E-state index is 12.5. The van der Waals surface area contributed by atoms with E-state index in [2.05, 4.69) is 0 Å². The van der Waals surface area contributed by atoms with Gasteiger partial charge in [-0.15, -0.1) is 0 Å². The van der Waals surface area contributed by atoms with Crippen LogP contribution in [0, 0.1) is 5.41 Å². The van der Waals surface area contributed by atoms with Gasteiger partial charge in [0.15, 0.2) is 11.6 Å². The van der Waals surface area contributed by atoms with Crippen LogP contribution < -0.4 is 4.74 Å². The van der Waals surface area contributed by atoms with E-state index in [1.165, 1.54) is 6.08 Å². The largest absolute Gasteiger partial charge is 0.491 e. The van der Waals surface area contributed by atoms with Crippen molar-refractivity contribution in [2.24, 2.45) is 5.41 Å². The van der Waals surface area contributed by atoms with E-state index in [0.717, 1.165) is 0 Å². The Morgan fingerprint density at radius 1 is 1.18 bits per heavy atom. The third kappa shape index (κ3) is 1.50. The minimum absolute atomic E-state index is 0.0723. The van der Waals surface area contributed by atoms with Crippen LogP contribution in [0.1, 0.15) is 23.2 Å². The lowest BCUT2D eigenvalue weighted by atomic mass is 9.72. The number of ether oxygens (including phenoxy) is 1. The van der Waals surface area contributed by atoms with E-state index in [4.69, 9.17) is 4.74 Å². The van der Waals surface area contributed by atoms with Crippen LogP contribution in [0.2, 0.25) is 0 Å². The normalized spacial score (nSPS) is 26.8. The van der Waals surface area contributed by atoms with E-state index in [0.29, 0.717) is 30.8 Å². The molecule has 2 aliphatic rings. The monoisotopic (exact) mass is 228 g/mol. The number of Topliss-reactive ketones (excluding diaryl/α,β-unsaturated/α-hetero) is 1. The second kappa shape index (κ2) is 3.55. The first-order chi connectivity index (χ1) is 8.21. The molecule has 86 valence electrons. The van der Waals surface area contributed by atoms with E-state index in [1.54, 1.807) is 18.2 Å². The summed E-state index contributed by atoms with van der Waals surface area (Å²) in [5.41, 5.74) is 0.000161. The summed E-state index contributed by atoms with van der Waals surface area (Å²) in [7, 11) is 0. The summed E-state index contributed by atoms with van der Waals surface area (Å²) in [5.74, 6) is 0.804. The molecule has 3 heteroatoms. The number of allylic oxidation sites excluding steroid dienone is 1. The molecule has 0 aromatic heterocycles. The quantitative estimate of drug-likeness (QED) is 0.683. The second-order valence-electron chi connectivity index (χ2n) is 4.57. The third-order valence-electron chi connectivity index (χ3n) is 3.47. The third-order valence-corrected chi connectivity index (χ3v) is 3.47. The van der Waals surface area contributed by atoms with Crippen LogP contribution in [0.25, 0.3) is 0 Å². The lowest BCUT2D eigenvalue weighted by Crippen LogP contribution is -2.41.